The molecule has 1 amide bonds. The quantitative estimate of drug-likeness (QED) is 0.837. The van der Waals surface area contributed by atoms with E-state index < -0.39 is 23.2 Å². The maximum absolute atomic E-state index is 12.4. The number of benzene rings is 1. The third kappa shape index (κ3) is 2.57. The number of aromatic nitrogens is 4. The Morgan fingerprint density at radius 3 is 2.62 bits per heavy atom. The molecule has 9 nitrogen and oxygen atoms in total. The second kappa shape index (κ2) is 5.59. The molecule has 0 unspecified atom stereocenters. The zero-order valence-corrected chi connectivity index (χ0v) is 13.4. The Bertz CT molecular complexity index is 787. The topological polar surface area (TPSA) is 119 Å². The van der Waals surface area contributed by atoms with Gasteiger partial charge in [-0.2, -0.15) is 4.68 Å². The zero-order chi connectivity index (χ0) is 17.5. The molecule has 1 aliphatic carbocycles. The molecule has 126 valence electrons. The van der Waals surface area contributed by atoms with Crippen LogP contribution in [0.3, 0.4) is 0 Å². The fourth-order valence-corrected chi connectivity index (χ4v) is 3.02. The van der Waals surface area contributed by atoms with Crippen molar-refractivity contribution in [2.45, 2.75) is 13.8 Å². The Morgan fingerprint density at radius 1 is 1.33 bits per heavy atom. The van der Waals surface area contributed by atoms with E-state index in [1.54, 1.807) is 32.0 Å². The van der Waals surface area contributed by atoms with Crippen molar-refractivity contribution in [3.8, 4) is 11.4 Å². The molecule has 3 rings (SSSR count). The standard InChI is InChI=1S/C15H17N5O4/c1-15(2)11(12(15)14(22)23)13(21)17-8-4-5-9(10(6-8)24-3)20-7-16-18-19-20/h4-7,11-12H,1-3H3,(H,17,21)(H,22,23)/t11-,12-/m0/s1. The highest BCUT2D eigenvalue weighted by Gasteiger charge is 2.65. The molecular formula is C15H17N5O4. The van der Waals surface area contributed by atoms with Gasteiger partial charge >= 0.3 is 5.97 Å². The van der Waals surface area contributed by atoms with Crippen molar-refractivity contribution in [1.29, 1.82) is 0 Å². The summed E-state index contributed by atoms with van der Waals surface area (Å²) < 4.78 is 6.75. The van der Waals surface area contributed by atoms with Gasteiger partial charge in [0.05, 0.1) is 18.9 Å². The summed E-state index contributed by atoms with van der Waals surface area (Å²) in [5.74, 6) is -2.01. The number of nitrogens with zero attached hydrogens (tertiary/aromatic N) is 4. The fourth-order valence-electron chi connectivity index (χ4n) is 3.02. The molecule has 9 heteroatoms. The average molecular weight is 331 g/mol. The predicted octanol–water partition coefficient (Wildman–Crippen LogP) is 0.966. The summed E-state index contributed by atoms with van der Waals surface area (Å²) in [7, 11) is 1.50. The van der Waals surface area contributed by atoms with E-state index >= 15 is 0 Å². The van der Waals surface area contributed by atoms with Gasteiger partial charge in [-0.25, -0.2) is 0 Å². The van der Waals surface area contributed by atoms with Gasteiger partial charge in [0.1, 0.15) is 17.8 Å². The minimum absolute atomic E-state index is 0.315. The maximum atomic E-state index is 12.4. The molecule has 0 aliphatic heterocycles. The molecule has 1 heterocycles. The smallest absolute Gasteiger partial charge is 0.307 e. The average Bonchev–Trinajstić information content (AvgIpc) is 2.89. The first-order valence-electron chi connectivity index (χ1n) is 7.31. The van der Waals surface area contributed by atoms with Gasteiger partial charge in [-0.15, -0.1) is 5.10 Å². The lowest BCUT2D eigenvalue weighted by atomic mass is 10.1. The highest BCUT2D eigenvalue weighted by molar-refractivity contribution is 5.99. The van der Waals surface area contributed by atoms with E-state index in [2.05, 4.69) is 20.8 Å². The van der Waals surface area contributed by atoms with E-state index in [1.807, 2.05) is 0 Å². The lowest BCUT2D eigenvalue weighted by Gasteiger charge is -2.11. The summed E-state index contributed by atoms with van der Waals surface area (Å²) in [5, 5.41) is 22.9. The van der Waals surface area contributed by atoms with Gasteiger partial charge in [0.2, 0.25) is 5.91 Å². The van der Waals surface area contributed by atoms with Gasteiger partial charge in [-0.05, 0) is 28.0 Å². The van der Waals surface area contributed by atoms with Gasteiger partial charge in [0.25, 0.3) is 0 Å². The number of methoxy groups -OCH3 is 1. The summed E-state index contributed by atoms with van der Waals surface area (Å²) >= 11 is 0. The molecule has 1 saturated carbocycles. The number of tetrazole rings is 1. The minimum atomic E-state index is -0.952. The minimum Gasteiger partial charge on any atom is -0.494 e. The fraction of sp³-hybridized carbons (Fsp3) is 0.400. The molecule has 1 aromatic carbocycles. The van der Waals surface area contributed by atoms with Crippen LogP contribution in [0.1, 0.15) is 13.8 Å². The van der Waals surface area contributed by atoms with Crippen LogP contribution in [0.15, 0.2) is 24.5 Å². The first-order chi connectivity index (χ1) is 11.4. The highest BCUT2D eigenvalue weighted by Crippen LogP contribution is 2.58. The second-order valence-electron chi connectivity index (χ2n) is 6.25. The first kappa shape index (κ1) is 15.9. The lowest BCUT2D eigenvalue weighted by molar-refractivity contribution is -0.140. The van der Waals surface area contributed by atoms with Crippen LogP contribution >= 0.6 is 0 Å². The van der Waals surface area contributed by atoms with E-state index in [0.29, 0.717) is 17.1 Å². The number of carbonyl (C=O) groups excluding carboxylic acids is 1. The molecular weight excluding hydrogens is 314 g/mol. The van der Waals surface area contributed by atoms with Crippen molar-refractivity contribution in [1.82, 2.24) is 20.2 Å². The van der Waals surface area contributed by atoms with E-state index in [-0.39, 0.29) is 5.91 Å². The zero-order valence-electron chi connectivity index (χ0n) is 13.4. The number of hydrogen-bond donors (Lipinski definition) is 2. The van der Waals surface area contributed by atoms with Crippen molar-refractivity contribution in [3.63, 3.8) is 0 Å². The third-order valence-corrected chi connectivity index (χ3v) is 4.42. The Balaban J connectivity index is 1.79. The SMILES string of the molecule is COc1cc(NC(=O)[C@@H]2[C@@H](C(=O)O)C2(C)C)ccc1-n1cnnn1. The molecule has 1 fully saturated rings. The molecule has 24 heavy (non-hydrogen) atoms. The van der Waals surface area contributed by atoms with Gasteiger partial charge in [-0.1, -0.05) is 13.8 Å². The second-order valence-corrected chi connectivity index (χ2v) is 6.25. The van der Waals surface area contributed by atoms with Crippen molar-refractivity contribution in [2.24, 2.45) is 17.3 Å². The van der Waals surface area contributed by atoms with E-state index in [1.165, 1.54) is 18.1 Å². The molecule has 2 aromatic rings. The van der Waals surface area contributed by atoms with E-state index in [4.69, 9.17) is 4.74 Å². The molecule has 0 bridgehead atoms. The third-order valence-electron chi connectivity index (χ3n) is 4.42. The Labute approximate surface area is 137 Å². The Kier molecular flexibility index (Phi) is 3.70. The number of rotatable bonds is 5. The Morgan fingerprint density at radius 2 is 2.08 bits per heavy atom. The molecule has 1 aromatic heterocycles. The van der Waals surface area contributed by atoms with Gasteiger partial charge < -0.3 is 15.2 Å². The number of hydrogen-bond acceptors (Lipinski definition) is 6. The lowest BCUT2D eigenvalue weighted by Crippen LogP contribution is -2.17. The Hall–Kier alpha value is -2.97. The molecule has 0 radical (unpaired) electrons. The van der Waals surface area contributed by atoms with Crippen molar-refractivity contribution >= 4 is 17.6 Å². The molecule has 2 atom stereocenters. The van der Waals surface area contributed by atoms with Gasteiger partial charge in [-0.3, -0.25) is 9.59 Å². The van der Waals surface area contributed by atoms with Crippen molar-refractivity contribution in [3.05, 3.63) is 24.5 Å². The summed E-state index contributed by atoms with van der Waals surface area (Å²) in [6.07, 6.45) is 1.43. The number of aliphatic carboxylic acids is 1. The van der Waals surface area contributed by atoms with Crippen molar-refractivity contribution in [2.75, 3.05) is 12.4 Å². The molecule has 1 aliphatic rings. The number of amides is 1. The highest BCUT2D eigenvalue weighted by atomic mass is 16.5. The monoisotopic (exact) mass is 331 g/mol. The van der Waals surface area contributed by atoms with Crippen LogP contribution in [0, 0.1) is 17.3 Å². The van der Waals surface area contributed by atoms with Crippen LogP contribution in [0.5, 0.6) is 5.75 Å². The summed E-state index contributed by atoms with van der Waals surface area (Å²) in [6, 6.07) is 5.03. The van der Waals surface area contributed by atoms with Gasteiger partial charge in [0.15, 0.2) is 0 Å². The van der Waals surface area contributed by atoms with Crippen LogP contribution in [-0.2, 0) is 9.59 Å². The largest absolute Gasteiger partial charge is 0.494 e. The van der Waals surface area contributed by atoms with E-state index in [0.717, 1.165) is 0 Å². The van der Waals surface area contributed by atoms with Gasteiger partial charge in [0, 0.05) is 11.8 Å². The van der Waals surface area contributed by atoms with E-state index in [9.17, 15) is 14.7 Å². The summed E-state index contributed by atoms with van der Waals surface area (Å²) in [6.45, 7) is 3.55. The number of carbonyl (C=O) groups is 2. The van der Waals surface area contributed by atoms with Crippen LogP contribution in [0.2, 0.25) is 0 Å². The summed E-state index contributed by atoms with van der Waals surface area (Å²) in [4.78, 5) is 23.6. The van der Waals surface area contributed by atoms with Crippen LogP contribution in [0.4, 0.5) is 5.69 Å². The van der Waals surface area contributed by atoms with Crippen molar-refractivity contribution < 1.29 is 19.4 Å². The van der Waals surface area contributed by atoms with Crippen LogP contribution in [-0.4, -0.2) is 44.3 Å². The number of carboxylic acids is 1. The normalized spacial score (nSPS) is 21.1. The number of ether oxygens (including phenoxy) is 1. The maximum Gasteiger partial charge on any atom is 0.307 e. The number of nitrogens with one attached hydrogen (secondary N) is 1. The predicted molar refractivity (Wildman–Crippen MR) is 82.7 cm³/mol. The van der Waals surface area contributed by atoms with Crippen LogP contribution in [0.25, 0.3) is 5.69 Å². The number of anilines is 1. The first-order valence-corrected chi connectivity index (χ1v) is 7.31. The molecule has 0 spiro atoms. The molecule has 0 saturated heterocycles. The number of carboxylic acid groups (broad SMARTS) is 1. The molecule has 2 N–H and O–H groups in total. The summed E-state index contributed by atoms with van der Waals surface area (Å²) in [5.41, 5.74) is 0.586. The van der Waals surface area contributed by atoms with Crippen LogP contribution < -0.4 is 10.1 Å².